The highest BCUT2D eigenvalue weighted by molar-refractivity contribution is 9.10. The van der Waals surface area contributed by atoms with Crippen molar-refractivity contribution in [1.82, 2.24) is 9.78 Å². The van der Waals surface area contributed by atoms with E-state index in [9.17, 15) is 18.0 Å². The molecule has 0 fully saturated rings. The molecule has 0 aliphatic heterocycles. The van der Waals surface area contributed by atoms with E-state index in [0.717, 1.165) is 6.26 Å². The van der Waals surface area contributed by atoms with Crippen molar-refractivity contribution in [3.05, 3.63) is 49.8 Å². The highest BCUT2D eigenvalue weighted by atomic mass is 79.9. The summed E-state index contributed by atoms with van der Waals surface area (Å²) in [4.78, 5) is 24.8. The summed E-state index contributed by atoms with van der Waals surface area (Å²) in [5.41, 5.74) is 5.89. The van der Waals surface area contributed by atoms with Gasteiger partial charge in [-0.05, 0) is 35.0 Å². The number of nitrogens with zero attached hydrogens (tertiary/aromatic N) is 1. The average molecular weight is 402 g/mol. The molecule has 9 heteroatoms. The Hall–Kier alpha value is -1.87. The third kappa shape index (κ3) is 3.56. The zero-order chi connectivity index (χ0) is 17.4. The standard InChI is InChI=1S/C14H16BrN3O4S/c1-3-18-14(20)9(6-17-18)13(19)8-4-5-11(15)12(16)10(8)7-23(2,21)22/h4-6,17H,3,7,16H2,1-2H3. The molecule has 0 aliphatic carbocycles. The van der Waals surface area contributed by atoms with Crippen molar-refractivity contribution in [3.63, 3.8) is 0 Å². The summed E-state index contributed by atoms with van der Waals surface area (Å²) in [5.74, 6) is -0.942. The van der Waals surface area contributed by atoms with Gasteiger partial charge in [0.15, 0.2) is 9.84 Å². The lowest BCUT2D eigenvalue weighted by molar-refractivity contribution is 0.103. The van der Waals surface area contributed by atoms with Crippen LogP contribution < -0.4 is 11.3 Å². The van der Waals surface area contributed by atoms with Crippen molar-refractivity contribution in [2.24, 2.45) is 0 Å². The molecule has 2 aromatic rings. The molecular formula is C14H16BrN3O4S. The zero-order valence-corrected chi connectivity index (χ0v) is 15.0. The number of hydrogen-bond acceptors (Lipinski definition) is 5. The number of anilines is 1. The van der Waals surface area contributed by atoms with E-state index >= 15 is 0 Å². The number of carbonyl (C=O) groups is 1. The summed E-state index contributed by atoms with van der Waals surface area (Å²) in [6, 6.07) is 3.02. The molecule has 1 aromatic carbocycles. The van der Waals surface area contributed by atoms with Crippen LogP contribution in [0.3, 0.4) is 0 Å². The lowest BCUT2D eigenvalue weighted by atomic mass is 10.00. The van der Waals surface area contributed by atoms with Crippen LogP contribution in [0.1, 0.15) is 28.4 Å². The van der Waals surface area contributed by atoms with Gasteiger partial charge >= 0.3 is 0 Å². The molecule has 0 aliphatic rings. The van der Waals surface area contributed by atoms with Crippen LogP contribution in [0, 0.1) is 0 Å². The predicted molar refractivity (Wildman–Crippen MR) is 91.3 cm³/mol. The first-order valence-corrected chi connectivity index (χ1v) is 9.58. The smallest absolute Gasteiger partial charge is 0.277 e. The monoisotopic (exact) mass is 401 g/mol. The quantitative estimate of drug-likeness (QED) is 0.578. The lowest BCUT2D eigenvalue weighted by Gasteiger charge is -2.11. The van der Waals surface area contributed by atoms with Gasteiger partial charge in [-0.25, -0.2) is 8.42 Å². The molecule has 0 saturated heterocycles. The Morgan fingerprint density at radius 3 is 2.52 bits per heavy atom. The fourth-order valence-corrected chi connectivity index (χ4v) is 3.42. The number of H-pyrrole nitrogens is 1. The van der Waals surface area contributed by atoms with Gasteiger partial charge in [0.05, 0.1) is 11.4 Å². The van der Waals surface area contributed by atoms with Crippen molar-refractivity contribution in [2.45, 2.75) is 19.2 Å². The Balaban J connectivity index is 2.63. The van der Waals surface area contributed by atoms with E-state index in [4.69, 9.17) is 5.73 Å². The minimum atomic E-state index is -3.41. The van der Waals surface area contributed by atoms with Gasteiger partial charge in [-0.3, -0.25) is 14.3 Å². The Kier molecular flexibility index (Phi) is 4.81. The highest BCUT2D eigenvalue weighted by Gasteiger charge is 2.23. The summed E-state index contributed by atoms with van der Waals surface area (Å²) in [6.07, 6.45) is 2.37. The van der Waals surface area contributed by atoms with Gasteiger partial charge in [0.25, 0.3) is 5.56 Å². The molecular weight excluding hydrogens is 386 g/mol. The van der Waals surface area contributed by atoms with Crippen molar-refractivity contribution in [2.75, 3.05) is 12.0 Å². The topological polar surface area (TPSA) is 115 Å². The van der Waals surface area contributed by atoms with E-state index < -0.39 is 21.2 Å². The number of halogens is 1. The summed E-state index contributed by atoms with van der Waals surface area (Å²) >= 11 is 3.22. The van der Waals surface area contributed by atoms with Gasteiger partial charge in [-0.1, -0.05) is 0 Å². The van der Waals surface area contributed by atoms with Crippen LogP contribution in [0.15, 0.2) is 27.6 Å². The summed E-state index contributed by atoms with van der Waals surface area (Å²) in [5, 5.41) is 2.69. The molecule has 2 rings (SSSR count). The fraction of sp³-hybridized carbons (Fsp3) is 0.286. The molecule has 124 valence electrons. The van der Waals surface area contributed by atoms with Gasteiger partial charge in [0, 0.05) is 34.6 Å². The van der Waals surface area contributed by atoms with Gasteiger partial charge in [0.1, 0.15) is 5.56 Å². The fourth-order valence-electron chi connectivity index (χ4n) is 2.22. The molecule has 0 spiro atoms. The summed E-state index contributed by atoms with van der Waals surface area (Å²) in [7, 11) is -3.41. The van der Waals surface area contributed by atoms with E-state index in [-0.39, 0.29) is 28.1 Å². The molecule has 0 radical (unpaired) electrons. The second-order valence-corrected chi connectivity index (χ2v) is 8.12. The van der Waals surface area contributed by atoms with Crippen LogP contribution in [0.2, 0.25) is 0 Å². The molecule has 0 saturated carbocycles. The first-order valence-electron chi connectivity index (χ1n) is 6.73. The number of nitrogens with two attached hydrogens (primary N) is 1. The number of aryl methyl sites for hydroxylation is 1. The van der Waals surface area contributed by atoms with E-state index in [0.29, 0.717) is 11.0 Å². The number of nitrogen functional groups attached to an aromatic ring is 1. The SMILES string of the molecule is CCn1[nH]cc(C(=O)c2ccc(Br)c(N)c2CS(C)(=O)=O)c1=O. The first-order chi connectivity index (χ1) is 10.7. The second kappa shape index (κ2) is 6.32. The van der Waals surface area contributed by atoms with Crippen LogP contribution in [-0.2, 0) is 22.1 Å². The zero-order valence-electron chi connectivity index (χ0n) is 12.6. The number of hydrogen-bond donors (Lipinski definition) is 2. The largest absolute Gasteiger partial charge is 0.398 e. The van der Waals surface area contributed by atoms with Crippen LogP contribution in [0.5, 0.6) is 0 Å². The van der Waals surface area contributed by atoms with E-state index in [1.54, 1.807) is 13.0 Å². The number of sulfone groups is 1. The number of nitrogens with one attached hydrogen (secondary N) is 1. The molecule has 0 atom stereocenters. The third-order valence-electron chi connectivity index (χ3n) is 3.36. The highest BCUT2D eigenvalue weighted by Crippen LogP contribution is 2.29. The van der Waals surface area contributed by atoms with Crippen molar-refractivity contribution in [3.8, 4) is 0 Å². The van der Waals surface area contributed by atoms with E-state index in [1.165, 1.54) is 16.9 Å². The molecule has 0 amide bonds. The maximum absolute atomic E-state index is 12.7. The average Bonchev–Trinajstić information content (AvgIpc) is 2.83. The summed E-state index contributed by atoms with van der Waals surface area (Å²) < 4.78 is 25.1. The van der Waals surface area contributed by atoms with E-state index in [1.807, 2.05) is 0 Å². The number of rotatable bonds is 5. The minimum Gasteiger partial charge on any atom is -0.398 e. The molecule has 0 bridgehead atoms. The van der Waals surface area contributed by atoms with Gasteiger partial charge in [-0.2, -0.15) is 0 Å². The molecule has 7 nitrogen and oxygen atoms in total. The maximum Gasteiger partial charge on any atom is 0.277 e. The number of carbonyl (C=O) groups excluding carboxylic acids is 1. The number of ketones is 1. The lowest BCUT2D eigenvalue weighted by Crippen LogP contribution is -2.22. The van der Waals surface area contributed by atoms with Crippen molar-refractivity contribution < 1.29 is 13.2 Å². The molecule has 1 aromatic heterocycles. The van der Waals surface area contributed by atoms with Crippen LogP contribution in [-0.4, -0.2) is 30.2 Å². The maximum atomic E-state index is 12.7. The van der Waals surface area contributed by atoms with Gasteiger partial charge in [0.2, 0.25) is 5.78 Å². The van der Waals surface area contributed by atoms with Gasteiger partial charge in [-0.15, -0.1) is 0 Å². The minimum absolute atomic E-state index is 0.0525. The Labute approximate surface area is 141 Å². The molecule has 23 heavy (non-hydrogen) atoms. The van der Waals surface area contributed by atoms with Crippen LogP contribution in [0.4, 0.5) is 5.69 Å². The number of benzene rings is 1. The van der Waals surface area contributed by atoms with Crippen molar-refractivity contribution in [1.29, 1.82) is 0 Å². The van der Waals surface area contributed by atoms with E-state index in [2.05, 4.69) is 21.0 Å². The summed E-state index contributed by atoms with van der Waals surface area (Å²) in [6.45, 7) is 2.16. The van der Waals surface area contributed by atoms with Crippen LogP contribution in [0.25, 0.3) is 0 Å². The van der Waals surface area contributed by atoms with Gasteiger partial charge < -0.3 is 10.8 Å². The molecule has 1 heterocycles. The molecule has 0 unspecified atom stereocenters. The Morgan fingerprint density at radius 1 is 1.35 bits per heavy atom. The Bertz CT molecular complexity index is 928. The normalized spacial score (nSPS) is 11.6. The molecule has 3 N–H and O–H groups in total. The van der Waals surface area contributed by atoms with Crippen LogP contribution >= 0.6 is 15.9 Å². The third-order valence-corrected chi connectivity index (χ3v) is 4.86. The second-order valence-electron chi connectivity index (χ2n) is 5.12. The first kappa shape index (κ1) is 17.5. The number of aromatic nitrogens is 2. The number of aromatic amines is 1. The Morgan fingerprint density at radius 2 is 2.00 bits per heavy atom. The van der Waals surface area contributed by atoms with Crippen molar-refractivity contribution >= 4 is 37.2 Å². The predicted octanol–water partition coefficient (Wildman–Crippen LogP) is 1.32.